The van der Waals surface area contributed by atoms with Crippen molar-refractivity contribution in [3.05, 3.63) is 0 Å². The molecule has 0 amide bonds. The van der Waals surface area contributed by atoms with Crippen LogP contribution in [0.5, 0.6) is 0 Å². The molecule has 1 aliphatic rings. The number of rotatable bonds is 3. The molecule has 14 heavy (non-hydrogen) atoms. The van der Waals surface area contributed by atoms with Crippen LogP contribution in [0.3, 0.4) is 0 Å². The maximum Gasteiger partial charge on any atom is 0.0163 e. The van der Waals surface area contributed by atoms with Crippen LogP contribution in [0, 0.1) is 11.3 Å². The predicted octanol–water partition coefficient (Wildman–Crippen LogP) is 1.96. The van der Waals surface area contributed by atoms with Crippen molar-refractivity contribution in [1.82, 2.24) is 10.2 Å². The van der Waals surface area contributed by atoms with E-state index < -0.39 is 0 Å². The fraction of sp³-hybridized carbons (Fsp3) is 1.00. The van der Waals surface area contributed by atoms with Gasteiger partial charge in [-0.05, 0) is 38.3 Å². The Morgan fingerprint density at radius 1 is 1.43 bits per heavy atom. The summed E-state index contributed by atoms with van der Waals surface area (Å²) in [5, 5.41) is 3.30. The first-order valence-corrected chi connectivity index (χ1v) is 5.83. The van der Waals surface area contributed by atoms with Crippen molar-refractivity contribution in [2.45, 2.75) is 40.2 Å². The molecular formula is C12H26N2. The van der Waals surface area contributed by atoms with Gasteiger partial charge in [0.05, 0.1) is 0 Å². The Kier molecular flexibility index (Phi) is 3.96. The highest BCUT2D eigenvalue weighted by Gasteiger charge is 2.31. The van der Waals surface area contributed by atoms with E-state index in [-0.39, 0.29) is 0 Å². The van der Waals surface area contributed by atoms with E-state index in [9.17, 15) is 0 Å². The van der Waals surface area contributed by atoms with Gasteiger partial charge < -0.3 is 10.2 Å². The number of nitrogens with one attached hydrogen (secondary N) is 1. The molecule has 0 radical (unpaired) electrons. The number of hydrogen-bond donors (Lipinski definition) is 1. The van der Waals surface area contributed by atoms with Crippen LogP contribution in [0.1, 0.15) is 34.1 Å². The van der Waals surface area contributed by atoms with Gasteiger partial charge in [0.2, 0.25) is 0 Å². The van der Waals surface area contributed by atoms with E-state index in [1.807, 2.05) is 7.05 Å². The number of nitrogens with zero attached hydrogens (tertiary/aromatic N) is 1. The Bertz CT molecular complexity index is 172. The van der Waals surface area contributed by atoms with Gasteiger partial charge in [0, 0.05) is 19.1 Å². The van der Waals surface area contributed by atoms with E-state index in [4.69, 9.17) is 0 Å². The van der Waals surface area contributed by atoms with Crippen LogP contribution < -0.4 is 5.32 Å². The molecular weight excluding hydrogens is 172 g/mol. The molecule has 1 N–H and O–H groups in total. The average molecular weight is 198 g/mol. The summed E-state index contributed by atoms with van der Waals surface area (Å²) in [6, 6.07) is 0.619. The van der Waals surface area contributed by atoms with Crippen LogP contribution in [-0.2, 0) is 0 Å². The highest BCUT2D eigenvalue weighted by molar-refractivity contribution is 4.84. The second kappa shape index (κ2) is 4.63. The molecule has 0 aromatic carbocycles. The van der Waals surface area contributed by atoms with Gasteiger partial charge in [-0.25, -0.2) is 0 Å². The topological polar surface area (TPSA) is 15.3 Å². The van der Waals surface area contributed by atoms with Crippen LogP contribution in [0.15, 0.2) is 0 Å². The van der Waals surface area contributed by atoms with Crippen molar-refractivity contribution in [3.63, 3.8) is 0 Å². The lowest BCUT2D eigenvalue weighted by Gasteiger charge is -2.27. The second-order valence-corrected chi connectivity index (χ2v) is 5.80. The molecule has 84 valence electrons. The smallest absolute Gasteiger partial charge is 0.0163 e. The van der Waals surface area contributed by atoms with Crippen molar-refractivity contribution in [1.29, 1.82) is 0 Å². The first kappa shape index (κ1) is 12.0. The standard InChI is InChI=1S/C12H26N2/c1-10(13-5)8-14-7-6-11(9-14)12(2,3)4/h10-11,13H,6-9H2,1-5H3. The summed E-state index contributed by atoms with van der Waals surface area (Å²) in [6.45, 7) is 13.1. The zero-order valence-corrected chi connectivity index (χ0v) is 10.4. The molecule has 0 aromatic rings. The number of likely N-dealkylation sites (tertiary alicyclic amines) is 1. The average Bonchev–Trinajstić information content (AvgIpc) is 2.51. The van der Waals surface area contributed by atoms with Crippen LogP contribution in [0.4, 0.5) is 0 Å². The van der Waals surface area contributed by atoms with Gasteiger partial charge in [-0.15, -0.1) is 0 Å². The molecule has 2 nitrogen and oxygen atoms in total. The van der Waals surface area contributed by atoms with Crippen LogP contribution in [-0.4, -0.2) is 37.6 Å². The van der Waals surface area contributed by atoms with Crippen molar-refractivity contribution in [2.24, 2.45) is 11.3 Å². The summed E-state index contributed by atoms with van der Waals surface area (Å²) in [7, 11) is 2.04. The minimum Gasteiger partial charge on any atom is -0.316 e. The lowest BCUT2D eigenvalue weighted by atomic mass is 9.80. The fourth-order valence-electron chi connectivity index (χ4n) is 2.18. The summed E-state index contributed by atoms with van der Waals surface area (Å²) in [4.78, 5) is 2.59. The van der Waals surface area contributed by atoms with E-state index in [2.05, 4.69) is 37.9 Å². The SMILES string of the molecule is CNC(C)CN1CCC(C(C)(C)C)C1. The van der Waals surface area contributed by atoms with Gasteiger partial charge >= 0.3 is 0 Å². The highest BCUT2D eigenvalue weighted by Crippen LogP contribution is 2.33. The summed E-state index contributed by atoms with van der Waals surface area (Å²) in [6.07, 6.45) is 1.37. The molecule has 0 aliphatic carbocycles. The lowest BCUT2D eigenvalue weighted by molar-refractivity contribution is 0.222. The molecule has 2 unspecified atom stereocenters. The molecule has 1 aliphatic heterocycles. The summed E-state index contributed by atoms with van der Waals surface area (Å²) in [5.74, 6) is 0.881. The molecule has 1 saturated heterocycles. The molecule has 2 heteroatoms. The quantitative estimate of drug-likeness (QED) is 0.746. The Morgan fingerprint density at radius 2 is 2.07 bits per heavy atom. The first-order valence-electron chi connectivity index (χ1n) is 5.83. The third-order valence-electron chi connectivity index (χ3n) is 3.52. The Labute approximate surface area is 89.1 Å². The van der Waals surface area contributed by atoms with Gasteiger partial charge in [0.25, 0.3) is 0 Å². The zero-order valence-electron chi connectivity index (χ0n) is 10.4. The summed E-state index contributed by atoms with van der Waals surface area (Å²) in [5.41, 5.74) is 0.484. The van der Waals surface area contributed by atoms with Crippen molar-refractivity contribution in [2.75, 3.05) is 26.7 Å². The highest BCUT2D eigenvalue weighted by atomic mass is 15.2. The Morgan fingerprint density at radius 3 is 2.50 bits per heavy atom. The zero-order chi connectivity index (χ0) is 10.8. The van der Waals surface area contributed by atoms with E-state index in [0.717, 1.165) is 5.92 Å². The third-order valence-corrected chi connectivity index (χ3v) is 3.52. The van der Waals surface area contributed by atoms with E-state index in [1.165, 1.54) is 26.1 Å². The van der Waals surface area contributed by atoms with Gasteiger partial charge in [-0.2, -0.15) is 0 Å². The first-order chi connectivity index (χ1) is 6.43. The molecule has 1 fully saturated rings. The fourth-order valence-corrected chi connectivity index (χ4v) is 2.18. The normalized spacial score (nSPS) is 26.8. The maximum absolute atomic E-state index is 3.30. The number of likely N-dealkylation sites (N-methyl/N-ethyl adjacent to an activating group) is 1. The predicted molar refractivity (Wildman–Crippen MR) is 62.5 cm³/mol. The van der Waals surface area contributed by atoms with Gasteiger partial charge in [-0.1, -0.05) is 20.8 Å². The van der Waals surface area contributed by atoms with E-state index in [1.54, 1.807) is 0 Å². The number of hydrogen-bond acceptors (Lipinski definition) is 2. The minimum absolute atomic E-state index is 0.484. The molecule has 2 atom stereocenters. The van der Waals surface area contributed by atoms with Crippen LogP contribution in [0.2, 0.25) is 0 Å². The minimum atomic E-state index is 0.484. The molecule has 1 heterocycles. The van der Waals surface area contributed by atoms with Gasteiger partial charge in [0.15, 0.2) is 0 Å². The summed E-state index contributed by atoms with van der Waals surface area (Å²) >= 11 is 0. The molecule has 0 spiro atoms. The molecule has 1 rings (SSSR count). The van der Waals surface area contributed by atoms with Crippen molar-refractivity contribution >= 4 is 0 Å². The van der Waals surface area contributed by atoms with E-state index >= 15 is 0 Å². The van der Waals surface area contributed by atoms with Gasteiger partial charge in [0.1, 0.15) is 0 Å². The Balaban J connectivity index is 2.34. The van der Waals surface area contributed by atoms with Crippen LogP contribution in [0.25, 0.3) is 0 Å². The van der Waals surface area contributed by atoms with Crippen LogP contribution >= 0.6 is 0 Å². The van der Waals surface area contributed by atoms with Crippen molar-refractivity contribution < 1.29 is 0 Å². The Hall–Kier alpha value is -0.0800. The van der Waals surface area contributed by atoms with E-state index in [0.29, 0.717) is 11.5 Å². The van der Waals surface area contributed by atoms with Gasteiger partial charge in [-0.3, -0.25) is 0 Å². The molecule has 0 saturated carbocycles. The molecule has 0 aromatic heterocycles. The monoisotopic (exact) mass is 198 g/mol. The molecule has 0 bridgehead atoms. The second-order valence-electron chi connectivity index (χ2n) is 5.80. The maximum atomic E-state index is 3.30. The third kappa shape index (κ3) is 3.25. The summed E-state index contributed by atoms with van der Waals surface area (Å²) < 4.78 is 0. The van der Waals surface area contributed by atoms with Crippen molar-refractivity contribution in [3.8, 4) is 0 Å². The lowest BCUT2D eigenvalue weighted by Crippen LogP contribution is -2.37. The largest absolute Gasteiger partial charge is 0.316 e.